The maximum atomic E-state index is 5.49. The molecule has 1 fully saturated rings. The number of ether oxygens (including phenoxy) is 3. The van der Waals surface area contributed by atoms with Gasteiger partial charge in [0.15, 0.2) is 17.5 Å². The summed E-state index contributed by atoms with van der Waals surface area (Å²) in [5.74, 6) is 3.15. The zero-order valence-electron chi connectivity index (χ0n) is 16.3. The van der Waals surface area contributed by atoms with E-state index >= 15 is 0 Å². The van der Waals surface area contributed by atoms with E-state index in [9.17, 15) is 0 Å². The molecule has 0 unspecified atom stereocenters. The van der Waals surface area contributed by atoms with Crippen molar-refractivity contribution < 1.29 is 14.2 Å². The average Bonchev–Trinajstić information content (AvgIpc) is 2.67. The van der Waals surface area contributed by atoms with E-state index < -0.39 is 0 Å². The molecular weight excluding hydrogens is 445 g/mol. The standard InChI is InChI=1S/C19H31N3O3.HI/c1-20-19(22(2)11-8-15-9-12-25-13-10-15)21-14-16-6-5-7-17(23-3)18(16)24-4;/h5-7,15H,8-14H2,1-4H3,(H,20,21);1H. The van der Waals surface area contributed by atoms with Crippen LogP contribution in [0.2, 0.25) is 0 Å². The van der Waals surface area contributed by atoms with Gasteiger partial charge < -0.3 is 24.4 Å². The summed E-state index contributed by atoms with van der Waals surface area (Å²) >= 11 is 0. The molecule has 1 aliphatic rings. The van der Waals surface area contributed by atoms with E-state index in [2.05, 4.69) is 22.3 Å². The third kappa shape index (κ3) is 6.50. The van der Waals surface area contributed by atoms with Gasteiger partial charge in [-0.15, -0.1) is 24.0 Å². The minimum atomic E-state index is 0. The van der Waals surface area contributed by atoms with E-state index in [4.69, 9.17) is 14.2 Å². The minimum absolute atomic E-state index is 0. The van der Waals surface area contributed by atoms with Crippen LogP contribution in [0.5, 0.6) is 11.5 Å². The highest BCUT2D eigenvalue weighted by atomic mass is 127. The number of hydrogen-bond acceptors (Lipinski definition) is 4. The van der Waals surface area contributed by atoms with Gasteiger partial charge in [0.25, 0.3) is 0 Å². The summed E-state index contributed by atoms with van der Waals surface area (Å²) in [6, 6.07) is 5.90. The Balaban J connectivity index is 0.00000338. The number of nitrogens with one attached hydrogen (secondary N) is 1. The molecule has 0 spiro atoms. The summed E-state index contributed by atoms with van der Waals surface area (Å²) in [6.45, 7) is 3.42. The molecule has 148 valence electrons. The highest BCUT2D eigenvalue weighted by Gasteiger charge is 2.16. The van der Waals surface area contributed by atoms with Gasteiger partial charge in [0, 0.05) is 46.0 Å². The van der Waals surface area contributed by atoms with Crippen molar-refractivity contribution in [3.8, 4) is 11.5 Å². The van der Waals surface area contributed by atoms with Gasteiger partial charge >= 0.3 is 0 Å². The lowest BCUT2D eigenvalue weighted by Crippen LogP contribution is -2.39. The fraction of sp³-hybridized carbons (Fsp3) is 0.632. The molecule has 0 aromatic heterocycles. The van der Waals surface area contributed by atoms with E-state index in [1.165, 1.54) is 19.3 Å². The van der Waals surface area contributed by atoms with Gasteiger partial charge in [-0.25, -0.2) is 0 Å². The van der Waals surface area contributed by atoms with Crippen molar-refractivity contribution in [3.63, 3.8) is 0 Å². The number of nitrogens with zero attached hydrogens (tertiary/aromatic N) is 2. The Morgan fingerprint density at radius 1 is 1.27 bits per heavy atom. The Kier molecular flexibility index (Phi) is 10.7. The van der Waals surface area contributed by atoms with Gasteiger partial charge in [0.2, 0.25) is 0 Å². The topological polar surface area (TPSA) is 55.3 Å². The van der Waals surface area contributed by atoms with E-state index in [1.807, 2.05) is 25.2 Å². The third-order valence-electron chi connectivity index (χ3n) is 4.71. The van der Waals surface area contributed by atoms with Crippen molar-refractivity contribution in [1.29, 1.82) is 0 Å². The van der Waals surface area contributed by atoms with Crippen molar-refractivity contribution in [2.45, 2.75) is 25.8 Å². The smallest absolute Gasteiger partial charge is 0.193 e. The second-order valence-corrected chi connectivity index (χ2v) is 6.32. The number of benzene rings is 1. The predicted octanol–water partition coefficient (Wildman–Crippen LogP) is 3.15. The number of guanidine groups is 1. The monoisotopic (exact) mass is 477 g/mol. The molecule has 0 atom stereocenters. The fourth-order valence-electron chi connectivity index (χ4n) is 3.17. The molecular formula is C19H32IN3O3. The lowest BCUT2D eigenvalue weighted by atomic mass is 9.96. The molecule has 7 heteroatoms. The highest BCUT2D eigenvalue weighted by molar-refractivity contribution is 14.0. The van der Waals surface area contributed by atoms with Crippen LogP contribution >= 0.6 is 24.0 Å². The second kappa shape index (κ2) is 12.2. The zero-order chi connectivity index (χ0) is 18.1. The largest absolute Gasteiger partial charge is 0.493 e. The van der Waals surface area contributed by atoms with Crippen molar-refractivity contribution in [2.24, 2.45) is 10.9 Å². The summed E-state index contributed by atoms with van der Waals surface area (Å²) < 4.78 is 16.3. The number of aliphatic imine (C=N–C) groups is 1. The second-order valence-electron chi connectivity index (χ2n) is 6.32. The number of para-hydroxylation sites is 1. The Labute approximate surface area is 174 Å². The minimum Gasteiger partial charge on any atom is -0.493 e. The lowest BCUT2D eigenvalue weighted by Gasteiger charge is -2.27. The van der Waals surface area contributed by atoms with Crippen LogP contribution in [-0.4, -0.2) is 58.9 Å². The Morgan fingerprint density at radius 3 is 2.62 bits per heavy atom. The first kappa shape index (κ1) is 22.8. The fourth-order valence-corrected chi connectivity index (χ4v) is 3.17. The first-order valence-corrected chi connectivity index (χ1v) is 8.89. The summed E-state index contributed by atoms with van der Waals surface area (Å²) in [5.41, 5.74) is 1.04. The third-order valence-corrected chi connectivity index (χ3v) is 4.71. The number of halogens is 1. The summed E-state index contributed by atoms with van der Waals surface area (Å²) in [4.78, 5) is 6.58. The van der Waals surface area contributed by atoms with Gasteiger partial charge in [0.1, 0.15) is 0 Å². The predicted molar refractivity (Wildman–Crippen MR) is 116 cm³/mol. The van der Waals surface area contributed by atoms with Gasteiger partial charge in [-0.3, -0.25) is 4.99 Å². The van der Waals surface area contributed by atoms with E-state index in [-0.39, 0.29) is 24.0 Å². The molecule has 0 amide bonds. The van der Waals surface area contributed by atoms with Crippen molar-refractivity contribution >= 4 is 29.9 Å². The molecule has 26 heavy (non-hydrogen) atoms. The molecule has 1 saturated heterocycles. The molecule has 0 radical (unpaired) electrons. The molecule has 0 bridgehead atoms. The van der Waals surface area contributed by atoms with Gasteiger partial charge in [-0.1, -0.05) is 12.1 Å². The van der Waals surface area contributed by atoms with Crippen LogP contribution in [0, 0.1) is 5.92 Å². The first-order chi connectivity index (χ1) is 12.2. The lowest BCUT2D eigenvalue weighted by molar-refractivity contribution is 0.0625. The summed E-state index contributed by atoms with van der Waals surface area (Å²) in [5, 5.41) is 3.41. The van der Waals surface area contributed by atoms with Crippen molar-refractivity contribution in [1.82, 2.24) is 10.2 Å². The first-order valence-electron chi connectivity index (χ1n) is 8.89. The molecule has 6 nitrogen and oxygen atoms in total. The van der Waals surface area contributed by atoms with Crippen LogP contribution in [0.15, 0.2) is 23.2 Å². The number of rotatable bonds is 7. The maximum absolute atomic E-state index is 5.49. The van der Waals surface area contributed by atoms with Gasteiger partial charge in [-0.05, 0) is 31.2 Å². The molecule has 1 N–H and O–H groups in total. The SMILES string of the molecule is CN=C(NCc1cccc(OC)c1OC)N(C)CCC1CCOCC1.I. The average molecular weight is 477 g/mol. The summed E-state index contributed by atoms with van der Waals surface area (Å²) in [7, 11) is 7.21. The Bertz CT molecular complexity index is 563. The van der Waals surface area contributed by atoms with Gasteiger partial charge in [0.05, 0.1) is 14.2 Å². The van der Waals surface area contributed by atoms with E-state index in [1.54, 1.807) is 14.2 Å². The van der Waals surface area contributed by atoms with Gasteiger partial charge in [-0.2, -0.15) is 0 Å². The molecule has 1 aliphatic heterocycles. The summed E-state index contributed by atoms with van der Waals surface area (Å²) in [6.07, 6.45) is 3.50. The van der Waals surface area contributed by atoms with E-state index in [0.717, 1.165) is 48.7 Å². The normalized spacial score (nSPS) is 15.2. The van der Waals surface area contributed by atoms with Crippen LogP contribution in [0.4, 0.5) is 0 Å². The molecule has 2 rings (SSSR count). The maximum Gasteiger partial charge on any atom is 0.193 e. The van der Waals surface area contributed by atoms with Crippen molar-refractivity contribution in [3.05, 3.63) is 23.8 Å². The molecule has 1 aromatic carbocycles. The van der Waals surface area contributed by atoms with E-state index in [0.29, 0.717) is 6.54 Å². The van der Waals surface area contributed by atoms with Crippen LogP contribution in [0.3, 0.4) is 0 Å². The Hall–Kier alpha value is -1.22. The van der Waals surface area contributed by atoms with Crippen molar-refractivity contribution in [2.75, 3.05) is 48.1 Å². The van der Waals surface area contributed by atoms with Crippen LogP contribution in [0.1, 0.15) is 24.8 Å². The zero-order valence-corrected chi connectivity index (χ0v) is 18.6. The number of methoxy groups -OCH3 is 2. The quantitative estimate of drug-likeness (QED) is 0.372. The molecule has 0 saturated carbocycles. The van der Waals surface area contributed by atoms with Crippen LogP contribution in [0.25, 0.3) is 0 Å². The van der Waals surface area contributed by atoms with Crippen LogP contribution in [-0.2, 0) is 11.3 Å². The number of hydrogen-bond donors (Lipinski definition) is 1. The molecule has 1 heterocycles. The highest BCUT2D eigenvalue weighted by Crippen LogP contribution is 2.30. The van der Waals surface area contributed by atoms with Crippen LogP contribution < -0.4 is 14.8 Å². The Morgan fingerprint density at radius 2 is 2.00 bits per heavy atom. The molecule has 0 aliphatic carbocycles. The molecule has 1 aromatic rings.